The number of likely N-dealkylation sites (tertiary alicyclic amines) is 2. The third kappa shape index (κ3) is 3.66. The van der Waals surface area contributed by atoms with Gasteiger partial charge < -0.3 is 9.47 Å². The van der Waals surface area contributed by atoms with Crippen molar-refractivity contribution in [3.8, 4) is 0 Å². The van der Waals surface area contributed by atoms with E-state index in [0.717, 1.165) is 50.7 Å². The zero-order valence-corrected chi connectivity index (χ0v) is 16.1. The Labute approximate surface area is 158 Å². The molecular formula is C18H26N6OS. The molecule has 4 heterocycles. The summed E-state index contributed by atoms with van der Waals surface area (Å²) in [6.07, 6.45) is 5.94. The standard InChI is InChI=1S/C18H26N6OS/c1-22-16(11-23-7-3-2-4-8-23)20-21-17(22)14-6-5-9-24(10-14)18(25)15-12-26-13-19-15/h12-14H,2-11H2,1H3/t14-/m1/s1. The Morgan fingerprint density at radius 2 is 2.04 bits per heavy atom. The van der Waals surface area contributed by atoms with Crippen molar-refractivity contribution in [1.29, 1.82) is 0 Å². The molecule has 2 saturated heterocycles. The van der Waals surface area contributed by atoms with E-state index in [1.165, 1.54) is 30.6 Å². The van der Waals surface area contributed by atoms with Gasteiger partial charge in [0.25, 0.3) is 5.91 Å². The zero-order chi connectivity index (χ0) is 17.9. The average Bonchev–Trinajstić information content (AvgIpc) is 3.33. The molecule has 0 bridgehead atoms. The summed E-state index contributed by atoms with van der Waals surface area (Å²) in [6, 6.07) is 0. The molecule has 7 nitrogen and oxygen atoms in total. The number of hydrogen-bond acceptors (Lipinski definition) is 6. The minimum absolute atomic E-state index is 0.0339. The summed E-state index contributed by atoms with van der Waals surface area (Å²) in [5.41, 5.74) is 2.27. The van der Waals surface area contributed by atoms with Crippen LogP contribution in [0.4, 0.5) is 0 Å². The Hall–Kier alpha value is -1.80. The molecular weight excluding hydrogens is 348 g/mol. The lowest BCUT2D eigenvalue weighted by molar-refractivity contribution is 0.0698. The molecule has 2 fully saturated rings. The van der Waals surface area contributed by atoms with E-state index in [1.54, 1.807) is 5.51 Å². The topological polar surface area (TPSA) is 67.2 Å². The number of aromatic nitrogens is 4. The minimum Gasteiger partial charge on any atom is -0.337 e. The highest BCUT2D eigenvalue weighted by atomic mass is 32.1. The van der Waals surface area contributed by atoms with Gasteiger partial charge in [-0.05, 0) is 38.8 Å². The van der Waals surface area contributed by atoms with Crippen LogP contribution in [0.1, 0.15) is 60.2 Å². The first-order chi connectivity index (χ1) is 12.7. The summed E-state index contributed by atoms with van der Waals surface area (Å²) in [5.74, 6) is 2.32. The molecule has 8 heteroatoms. The fraction of sp³-hybridized carbons (Fsp3) is 0.667. The first-order valence-corrected chi connectivity index (χ1v) is 10.4. The molecule has 140 valence electrons. The smallest absolute Gasteiger partial charge is 0.273 e. The van der Waals surface area contributed by atoms with Gasteiger partial charge in [-0.2, -0.15) is 0 Å². The van der Waals surface area contributed by atoms with Crippen LogP contribution >= 0.6 is 11.3 Å². The highest BCUT2D eigenvalue weighted by Crippen LogP contribution is 2.27. The molecule has 2 aliphatic rings. The van der Waals surface area contributed by atoms with E-state index >= 15 is 0 Å². The molecule has 0 aromatic carbocycles. The average molecular weight is 375 g/mol. The Morgan fingerprint density at radius 3 is 2.81 bits per heavy atom. The van der Waals surface area contributed by atoms with Crippen LogP contribution in [-0.4, -0.2) is 61.6 Å². The van der Waals surface area contributed by atoms with Crippen LogP contribution in [0.5, 0.6) is 0 Å². The molecule has 1 amide bonds. The number of piperidine rings is 2. The predicted molar refractivity (Wildman–Crippen MR) is 100 cm³/mol. The Bertz CT molecular complexity index is 737. The summed E-state index contributed by atoms with van der Waals surface area (Å²) in [6.45, 7) is 4.68. The number of thiazole rings is 1. The van der Waals surface area contributed by atoms with E-state index in [2.05, 4.69) is 31.7 Å². The second-order valence-electron chi connectivity index (χ2n) is 7.33. The molecule has 0 N–H and O–H groups in total. The molecule has 0 saturated carbocycles. The normalized spacial score (nSPS) is 21.9. The monoisotopic (exact) mass is 374 g/mol. The number of carbonyl (C=O) groups excluding carboxylic acids is 1. The summed E-state index contributed by atoms with van der Waals surface area (Å²) in [7, 11) is 2.07. The van der Waals surface area contributed by atoms with Crippen LogP contribution < -0.4 is 0 Å². The van der Waals surface area contributed by atoms with Crippen molar-refractivity contribution in [3.05, 3.63) is 28.2 Å². The summed E-state index contributed by atoms with van der Waals surface area (Å²) < 4.78 is 2.15. The van der Waals surface area contributed by atoms with Crippen molar-refractivity contribution in [2.24, 2.45) is 7.05 Å². The van der Waals surface area contributed by atoms with Crippen molar-refractivity contribution >= 4 is 17.2 Å². The Balaban J connectivity index is 1.44. The van der Waals surface area contributed by atoms with Gasteiger partial charge in [-0.1, -0.05) is 6.42 Å². The van der Waals surface area contributed by atoms with E-state index in [-0.39, 0.29) is 11.8 Å². The van der Waals surface area contributed by atoms with E-state index in [1.807, 2.05) is 10.3 Å². The first kappa shape index (κ1) is 17.6. The largest absolute Gasteiger partial charge is 0.337 e. The molecule has 0 radical (unpaired) electrons. The van der Waals surface area contributed by atoms with Gasteiger partial charge in [0.05, 0.1) is 12.1 Å². The summed E-state index contributed by atoms with van der Waals surface area (Å²) in [5, 5.41) is 10.8. The van der Waals surface area contributed by atoms with Gasteiger partial charge in [-0.25, -0.2) is 4.98 Å². The second-order valence-corrected chi connectivity index (χ2v) is 8.05. The van der Waals surface area contributed by atoms with Gasteiger partial charge >= 0.3 is 0 Å². The lowest BCUT2D eigenvalue weighted by Crippen LogP contribution is -2.40. The van der Waals surface area contributed by atoms with Gasteiger partial charge in [0.1, 0.15) is 17.3 Å². The van der Waals surface area contributed by atoms with Gasteiger partial charge in [0, 0.05) is 31.4 Å². The molecule has 26 heavy (non-hydrogen) atoms. The number of carbonyl (C=O) groups is 1. The fourth-order valence-electron chi connectivity index (χ4n) is 4.04. The van der Waals surface area contributed by atoms with Gasteiger partial charge in [-0.3, -0.25) is 9.69 Å². The van der Waals surface area contributed by atoms with Crippen LogP contribution in [0.25, 0.3) is 0 Å². The lowest BCUT2D eigenvalue weighted by Gasteiger charge is -2.32. The molecule has 4 rings (SSSR count). The van der Waals surface area contributed by atoms with Crippen molar-refractivity contribution in [2.75, 3.05) is 26.2 Å². The maximum atomic E-state index is 12.6. The molecule has 2 aliphatic heterocycles. The quantitative estimate of drug-likeness (QED) is 0.821. The molecule has 0 spiro atoms. The van der Waals surface area contributed by atoms with Crippen molar-refractivity contribution in [1.82, 2.24) is 29.5 Å². The summed E-state index contributed by atoms with van der Waals surface area (Å²) >= 11 is 1.46. The van der Waals surface area contributed by atoms with Crippen molar-refractivity contribution < 1.29 is 4.79 Å². The third-order valence-corrected chi connectivity index (χ3v) is 6.12. The first-order valence-electron chi connectivity index (χ1n) is 9.50. The molecule has 0 unspecified atom stereocenters. The van der Waals surface area contributed by atoms with Gasteiger partial charge in [0.2, 0.25) is 0 Å². The third-order valence-electron chi connectivity index (χ3n) is 5.54. The number of amides is 1. The maximum Gasteiger partial charge on any atom is 0.273 e. The Kier molecular flexibility index (Phi) is 5.31. The molecule has 2 aromatic rings. The molecule has 1 atom stereocenters. The molecule has 0 aliphatic carbocycles. The van der Waals surface area contributed by atoms with Crippen molar-refractivity contribution in [2.45, 2.75) is 44.6 Å². The van der Waals surface area contributed by atoms with E-state index in [9.17, 15) is 4.79 Å². The number of hydrogen-bond donors (Lipinski definition) is 0. The van der Waals surface area contributed by atoms with E-state index in [0.29, 0.717) is 12.2 Å². The van der Waals surface area contributed by atoms with E-state index in [4.69, 9.17) is 0 Å². The van der Waals surface area contributed by atoms with Crippen LogP contribution in [-0.2, 0) is 13.6 Å². The van der Waals surface area contributed by atoms with Crippen LogP contribution in [0, 0.1) is 0 Å². The minimum atomic E-state index is 0.0339. The van der Waals surface area contributed by atoms with Crippen LogP contribution in [0.2, 0.25) is 0 Å². The zero-order valence-electron chi connectivity index (χ0n) is 15.3. The van der Waals surface area contributed by atoms with Crippen LogP contribution in [0.15, 0.2) is 10.9 Å². The van der Waals surface area contributed by atoms with Crippen molar-refractivity contribution in [3.63, 3.8) is 0 Å². The highest BCUT2D eigenvalue weighted by molar-refractivity contribution is 7.07. The predicted octanol–water partition coefficient (Wildman–Crippen LogP) is 2.28. The number of rotatable bonds is 4. The summed E-state index contributed by atoms with van der Waals surface area (Å²) in [4.78, 5) is 21.2. The van der Waals surface area contributed by atoms with Gasteiger partial charge in [-0.15, -0.1) is 21.5 Å². The SMILES string of the molecule is Cn1c(CN2CCCCC2)nnc1[C@@H]1CCCN(C(=O)c2cscn2)C1. The molecule has 2 aromatic heterocycles. The van der Waals surface area contributed by atoms with Gasteiger partial charge in [0.15, 0.2) is 0 Å². The Morgan fingerprint density at radius 1 is 1.19 bits per heavy atom. The highest BCUT2D eigenvalue weighted by Gasteiger charge is 2.29. The van der Waals surface area contributed by atoms with Crippen LogP contribution in [0.3, 0.4) is 0 Å². The number of nitrogens with zero attached hydrogens (tertiary/aromatic N) is 6. The second kappa shape index (κ2) is 7.84. The fourth-order valence-corrected chi connectivity index (χ4v) is 4.56. The lowest BCUT2D eigenvalue weighted by atomic mass is 9.97. The van der Waals surface area contributed by atoms with E-state index < -0.39 is 0 Å². The maximum absolute atomic E-state index is 12.6.